The summed E-state index contributed by atoms with van der Waals surface area (Å²) in [6, 6.07) is 2.18. The molecule has 25 nitrogen and oxygen atoms in total. The van der Waals surface area contributed by atoms with Crippen molar-refractivity contribution in [1.82, 2.24) is 19.1 Å². The maximum absolute atomic E-state index is 11.9. The summed E-state index contributed by atoms with van der Waals surface area (Å²) in [5, 5.41) is 29.6. The van der Waals surface area contributed by atoms with Crippen LogP contribution in [0.2, 0.25) is 0 Å². The van der Waals surface area contributed by atoms with E-state index in [0.29, 0.717) is 0 Å². The van der Waals surface area contributed by atoms with Crippen molar-refractivity contribution in [3.8, 4) is 0 Å². The molecule has 2 aromatic heterocycles. The summed E-state index contributed by atoms with van der Waals surface area (Å²) < 4.78 is 69.2. The van der Waals surface area contributed by atoms with Gasteiger partial charge in [0, 0.05) is 24.5 Å². The van der Waals surface area contributed by atoms with Gasteiger partial charge in [0.2, 0.25) is 0 Å². The second-order valence-corrected chi connectivity index (χ2v) is 15.1. The molecule has 0 spiro atoms. The molecule has 4 saturated heterocycles. The third-order valence-corrected chi connectivity index (χ3v) is 11.2. The number of hydrogen-bond donors (Lipinski definition) is 9. The lowest BCUT2D eigenvalue weighted by atomic mass is 10.0. The molecule has 4 unspecified atom stereocenters. The van der Waals surface area contributed by atoms with Crippen molar-refractivity contribution in [1.29, 1.82) is 0 Å². The van der Waals surface area contributed by atoms with Gasteiger partial charge in [-0.25, -0.2) is 23.3 Å². The predicted octanol–water partition coefficient (Wildman–Crippen LogP) is -4.54. The van der Waals surface area contributed by atoms with Crippen molar-refractivity contribution >= 4 is 23.5 Å². The van der Waals surface area contributed by atoms with Gasteiger partial charge in [0.25, 0.3) is 11.1 Å². The van der Waals surface area contributed by atoms with Crippen LogP contribution in [0.1, 0.15) is 12.5 Å². The molecular weight excluding hydrogens is 725 g/mol. The number of nitrogens with one attached hydrogen (secondary N) is 2. The van der Waals surface area contributed by atoms with Crippen LogP contribution in [0.5, 0.6) is 0 Å². The minimum Gasteiger partial charge on any atom is -0.393 e. The Morgan fingerprint density at radius 3 is 1.67 bits per heavy atom. The highest BCUT2D eigenvalue weighted by molar-refractivity contribution is 7.66. The highest BCUT2D eigenvalue weighted by atomic mass is 31.3. The first-order valence-electron chi connectivity index (χ1n) is 13.2. The van der Waals surface area contributed by atoms with Crippen LogP contribution in [0.15, 0.2) is 43.7 Å². The average molecular weight is 752 g/mol. The van der Waals surface area contributed by atoms with E-state index in [2.05, 4.69) is 18.1 Å². The fourth-order valence-corrected chi connectivity index (χ4v) is 8.32. The van der Waals surface area contributed by atoms with Crippen LogP contribution >= 0.6 is 23.5 Å². The number of aromatic nitrogens is 4. The van der Waals surface area contributed by atoms with Crippen LogP contribution < -0.4 is 22.5 Å². The maximum atomic E-state index is 11.9. The van der Waals surface area contributed by atoms with Crippen LogP contribution in [0, 0.1) is 0 Å². The first-order valence-corrected chi connectivity index (χ1v) is 17.7. The van der Waals surface area contributed by atoms with E-state index < -0.39 is 107 Å². The molecule has 0 radical (unpaired) electrons. The zero-order valence-electron chi connectivity index (χ0n) is 23.7. The molecule has 0 aliphatic carbocycles. The van der Waals surface area contributed by atoms with E-state index in [1.165, 1.54) is 12.3 Å². The normalized spacial score (nSPS) is 34.7. The summed E-state index contributed by atoms with van der Waals surface area (Å²) in [5.74, 6) is 0. The van der Waals surface area contributed by atoms with E-state index in [9.17, 15) is 53.1 Å². The van der Waals surface area contributed by atoms with E-state index in [1.807, 2.05) is 4.98 Å². The largest absolute Gasteiger partial charge is 0.490 e. The molecule has 9 N–H and O–H groups in total. The van der Waals surface area contributed by atoms with Gasteiger partial charge in [-0.2, -0.15) is 8.62 Å². The third kappa shape index (κ3) is 7.33. The topological polar surface area (TPSA) is 367 Å². The first kappa shape index (κ1) is 36.8. The molecular formula is C20H27N4O21P3. The smallest absolute Gasteiger partial charge is 0.393 e. The quantitative estimate of drug-likeness (QED) is 0.103. The lowest BCUT2D eigenvalue weighted by Crippen LogP contribution is -2.45. The molecule has 4 aliphatic rings. The summed E-state index contributed by atoms with van der Waals surface area (Å²) in [6.45, 7) is -1.69. The summed E-state index contributed by atoms with van der Waals surface area (Å²) in [7, 11) is -16.7. The molecule has 10 atom stereocenters. The van der Waals surface area contributed by atoms with E-state index in [-0.39, 0.29) is 13.2 Å². The number of ether oxygens (including phenoxy) is 4. The third-order valence-electron chi connectivity index (χ3n) is 7.42. The van der Waals surface area contributed by atoms with Gasteiger partial charge in [0.15, 0.2) is 12.5 Å². The van der Waals surface area contributed by atoms with Crippen LogP contribution in [0.25, 0.3) is 0 Å². The molecule has 0 aromatic carbocycles. The van der Waals surface area contributed by atoms with Gasteiger partial charge >= 0.3 is 34.8 Å². The van der Waals surface area contributed by atoms with Crippen LogP contribution in [-0.2, 0) is 45.8 Å². The number of aliphatic hydroxyl groups is 3. The summed E-state index contributed by atoms with van der Waals surface area (Å²) in [4.78, 5) is 85.4. The standard InChI is InChI=1S/C10H15N2O15P3.C10H12N2O6/c13-5-1-2-12(9(15)11-5)8-6-7(14)10(25-8,3-23-6)4-24-29(19,20)27-30(21,22)26-28(16,17)18;13-3-10-4-17-6(7(10)15)8(18-10)12-2-1-5(14)11-9(12)16/h1-2,6-8,14H,3-4H2,(H,19,20)(H,21,22)(H,11,13,15)(H2,16,17,18);1-2,6-8,13,15H,3-4H2,(H,11,14,16)/t6-,7?,8+,10+;6-,7?,8+,10-/m00/s1. The fraction of sp³-hybridized carbons (Fsp3) is 0.600. The summed E-state index contributed by atoms with van der Waals surface area (Å²) in [6.07, 6.45) is -4.17. The van der Waals surface area contributed by atoms with Gasteiger partial charge in [-0.3, -0.25) is 33.2 Å². The zero-order valence-corrected chi connectivity index (χ0v) is 26.4. The Bertz CT molecular complexity index is 1920. The van der Waals surface area contributed by atoms with Crippen molar-refractivity contribution in [2.75, 3.05) is 26.4 Å². The SMILES string of the molecule is O=c1ccn([C@@H]2O[C@@]3(CO)CO[C@H]2C3O)c(=O)[nH]1.O=c1ccn([C@@H]2O[C@@]3(COP(=O)(O)OP(=O)(O)OP(=O)(O)O)CO[C@H]2C3O)c(=O)[nH]1. The monoisotopic (exact) mass is 752 g/mol. The number of phosphoric ester groups is 1. The number of nitrogens with zero attached hydrogens (tertiary/aromatic N) is 2. The van der Waals surface area contributed by atoms with E-state index in [0.717, 1.165) is 21.4 Å². The van der Waals surface area contributed by atoms with Crippen LogP contribution in [-0.4, -0.2) is 116 Å². The van der Waals surface area contributed by atoms with Crippen molar-refractivity contribution in [3.05, 3.63) is 66.2 Å². The molecule has 6 rings (SSSR count). The summed E-state index contributed by atoms with van der Waals surface area (Å²) >= 11 is 0. The minimum atomic E-state index is -5.72. The van der Waals surface area contributed by atoms with Gasteiger partial charge in [0.05, 0.1) is 26.4 Å². The number of aliphatic hydroxyl groups excluding tert-OH is 3. The van der Waals surface area contributed by atoms with Crippen molar-refractivity contribution in [3.63, 3.8) is 0 Å². The predicted molar refractivity (Wildman–Crippen MR) is 147 cm³/mol. The molecule has 28 heteroatoms. The number of phosphoric acid groups is 3. The molecule has 48 heavy (non-hydrogen) atoms. The number of hydrogen-bond acceptors (Lipinski definition) is 17. The van der Waals surface area contributed by atoms with Gasteiger partial charge in [-0.1, -0.05) is 0 Å². The average Bonchev–Trinajstić information content (AvgIpc) is 3.63. The van der Waals surface area contributed by atoms with Crippen molar-refractivity contribution < 1.29 is 80.7 Å². The van der Waals surface area contributed by atoms with E-state index in [1.54, 1.807) is 0 Å². The lowest BCUT2D eigenvalue weighted by molar-refractivity contribution is -0.187. The Morgan fingerprint density at radius 2 is 1.23 bits per heavy atom. The number of rotatable bonds is 10. The molecule has 4 fully saturated rings. The Balaban J connectivity index is 0.000000212. The molecule has 268 valence electrons. The highest BCUT2D eigenvalue weighted by Gasteiger charge is 2.63. The van der Waals surface area contributed by atoms with Crippen LogP contribution in [0.4, 0.5) is 0 Å². The van der Waals surface area contributed by atoms with Crippen molar-refractivity contribution in [2.24, 2.45) is 0 Å². The molecule has 0 amide bonds. The van der Waals surface area contributed by atoms with Gasteiger partial charge in [0.1, 0.15) is 35.6 Å². The lowest BCUT2D eigenvalue weighted by Gasteiger charge is -2.31. The van der Waals surface area contributed by atoms with Crippen LogP contribution in [0.3, 0.4) is 0 Å². The van der Waals surface area contributed by atoms with E-state index in [4.69, 9.17) is 33.6 Å². The molecule has 4 bridgehead atoms. The number of aromatic amines is 2. The minimum absolute atomic E-state index is 0.0734. The van der Waals surface area contributed by atoms with Crippen molar-refractivity contribution in [2.45, 2.75) is 48.1 Å². The second-order valence-electron chi connectivity index (χ2n) is 10.6. The molecule has 2 aromatic rings. The molecule has 6 heterocycles. The summed E-state index contributed by atoms with van der Waals surface area (Å²) in [5.41, 5.74) is -5.76. The second kappa shape index (κ2) is 13.0. The fourth-order valence-electron chi connectivity index (χ4n) is 5.24. The van der Waals surface area contributed by atoms with Gasteiger partial charge < -0.3 is 53.8 Å². The van der Waals surface area contributed by atoms with Gasteiger partial charge in [-0.05, 0) is 0 Å². The van der Waals surface area contributed by atoms with E-state index >= 15 is 0 Å². The first-order chi connectivity index (χ1) is 22.2. The Morgan fingerprint density at radius 1 is 0.771 bits per heavy atom. The molecule has 4 aliphatic heterocycles. The number of fused-ring (bicyclic) bond motifs is 4. The number of H-pyrrole nitrogens is 2. The maximum Gasteiger partial charge on any atom is 0.490 e. The Hall–Kier alpha value is -2.51. The van der Waals surface area contributed by atoms with Gasteiger partial charge in [-0.15, -0.1) is 0 Å². The molecule has 0 saturated carbocycles. The zero-order chi connectivity index (χ0) is 35.4. The Labute approximate surface area is 264 Å². The Kier molecular flexibility index (Phi) is 9.95. The highest BCUT2D eigenvalue weighted by Crippen LogP contribution is 2.66.